The van der Waals surface area contributed by atoms with E-state index in [1.807, 2.05) is 0 Å². The van der Waals surface area contributed by atoms with Gasteiger partial charge in [-0.25, -0.2) is 0 Å². The molecule has 0 saturated carbocycles. The minimum absolute atomic E-state index is 0.479. The second-order valence-electron chi connectivity index (χ2n) is 5.10. The third kappa shape index (κ3) is 3.45. The van der Waals surface area contributed by atoms with E-state index in [1.165, 1.54) is 22.3 Å². The largest absolute Gasteiger partial charge is 0.496 e. The summed E-state index contributed by atoms with van der Waals surface area (Å²) in [5.41, 5.74) is 10.8. The molecule has 0 aliphatic heterocycles. The first-order chi connectivity index (χ1) is 8.36. The van der Waals surface area contributed by atoms with Crippen LogP contribution in [0.25, 0.3) is 0 Å². The molecule has 0 aliphatic carbocycles. The molecular weight excluding hydrogens is 242 g/mol. The summed E-state index contributed by atoms with van der Waals surface area (Å²) in [4.78, 5) is 0.600. The van der Waals surface area contributed by atoms with Crippen LogP contribution in [0.3, 0.4) is 0 Å². The highest BCUT2D eigenvalue weighted by atomic mass is 32.1. The Morgan fingerprint density at radius 2 is 1.94 bits per heavy atom. The molecule has 100 valence electrons. The summed E-state index contributed by atoms with van der Waals surface area (Å²) >= 11 is 4.98. The number of aryl methyl sites for hydroxylation is 1. The lowest BCUT2D eigenvalue weighted by molar-refractivity contribution is 0.410. The van der Waals surface area contributed by atoms with Crippen molar-refractivity contribution in [3.8, 4) is 5.75 Å². The third-order valence-corrected chi connectivity index (χ3v) is 3.70. The zero-order chi connectivity index (χ0) is 13.9. The van der Waals surface area contributed by atoms with Crippen LogP contribution in [0, 0.1) is 26.7 Å². The number of nitrogens with two attached hydrogens (primary N) is 1. The number of rotatable bonds is 5. The molecule has 0 heterocycles. The number of thiocarbonyl (C=S) groups is 1. The van der Waals surface area contributed by atoms with Gasteiger partial charge in [-0.3, -0.25) is 0 Å². The summed E-state index contributed by atoms with van der Waals surface area (Å²) < 4.78 is 5.39. The van der Waals surface area contributed by atoms with Gasteiger partial charge < -0.3 is 10.5 Å². The number of hydrogen-bond acceptors (Lipinski definition) is 2. The molecule has 0 fully saturated rings. The van der Waals surface area contributed by atoms with Gasteiger partial charge in [0.25, 0.3) is 0 Å². The van der Waals surface area contributed by atoms with Crippen LogP contribution < -0.4 is 10.5 Å². The van der Waals surface area contributed by atoms with E-state index >= 15 is 0 Å². The lowest BCUT2D eigenvalue weighted by Crippen LogP contribution is -2.15. The van der Waals surface area contributed by atoms with Crippen LogP contribution in [-0.2, 0) is 6.42 Å². The van der Waals surface area contributed by atoms with Crippen molar-refractivity contribution in [1.82, 2.24) is 0 Å². The van der Waals surface area contributed by atoms with Crippen LogP contribution in [-0.4, -0.2) is 12.1 Å². The van der Waals surface area contributed by atoms with Gasteiger partial charge in [0.2, 0.25) is 0 Å². The van der Waals surface area contributed by atoms with Crippen molar-refractivity contribution in [2.45, 2.75) is 40.5 Å². The zero-order valence-corrected chi connectivity index (χ0v) is 12.8. The monoisotopic (exact) mass is 265 g/mol. The Labute approximate surface area is 116 Å². The predicted molar refractivity (Wildman–Crippen MR) is 81.5 cm³/mol. The molecule has 0 aliphatic rings. The zero-order valence-electron chi connectivity index (χ0n) is 12.0. The van der Waals surface area contributed by atoms with Crippen molar-refractivity contribution in [3.63, 3.8) is 0 Å². The second kappa shape index (κ2) is 6.19. The van der Waals surface area contributed by atoms with Gasteiger partial charge in [0.15, 0.2) is 0 Å². The number of ether oxygens (including phenoxy) is 1. The van der Waals surface area contributed by atoms with E-state index in [0.29, 0.717) is 10.9 Å². The van der Waals surface area contributed by atoms with Gasteiger partial charge in [-0.05, 0) is 61.4 Å². The average Bonchev–Trinajstić information content (AvgIpc) is 2.28. The Bertz CT molecular complexity index is 454. The molecule has 1 unspecified atom stereocenters. The number of hydrogen-bond donors (Lipinski definition) is 1. The van der Waals surface area contributed by atoms with Gasteiger partial charge in [0.05, 0.1) is 12.1 Å². The Morgan fingerprint density at radius 1 is 1.33 bits per heavy atom. The van der Waals surface area contributed by atoms with Crippen LogP contribution in [0.2, 0.25) is 0 Å². The fourth-order valence-electron chi connectivity index (χ4n) is 2.39. The van der Waals surface area contributed by atoms with E-state index < -0.39 is 0 Å². The molecule has 0 radical (unpaired) electrons. The van der Waals surface area contributed by atoms with Gasteiger partial charge in [0, 0.05) is 6.42 Å². The number of methoxy groups -OCH3 is 1. The molecule has 1 aromatic rings. The van der Waals surface area contributed by atoms with Crippen molar-refractivity contribution in [1.29, 1.82) is 0 Å². The molecule has 1 aromatic carbocycles. The van der Waals surface area contributed by atoms with E-state index in [1.54, 1.807) is 7.11 Å². The van der Waals surface area contributed by atoms with Gasteiger partial charge in [0.1, 0.15) is 5.75 Å². The molecule has 0 saturated heterocycles. The smallest absolute Gasteiger partial charge is 0.122 e. The minimum atomic E-state index is 0.479. The topological polar surface area (TPSA) is 35.2 Å². The van der Waals surface area contributed by atoms with Crippen LogP contribution >= 0.6 is 12.2 Å². The van der Waals surface area contributed by atoms with E-state index in [-0.39, 0.29) is 0 Å². The molecule has 2 N–H and O–H groups in total. The summed E-state index contributed by atoms with van der Waals surface area (Å²) in [5.74, 6) is 1.45. The third-order valence-electron chi connectivity index (χ3n) is 3.53. The first-order valence-corrected chi connectivity index (χ1v) is 6.69. The molecule has 0 bridgehead atoms. The maximum atomic E-state index is 5.61. The molecule has 0 spiro atoms. The normalized spacial score (nSPS) is 12.3. The Hall–Kier alpha value is -1.09. The van der Waals surface area contributed by atoms with Gasteiger partial charge in [-0.1, -0.05) is 19.1 Å². The highest BCUT2D eigenvalue weighted by Crippen LogP contribution is 2.29. The van der Waals surface area contributed by atoms with E-state index in [4.69, 9.17) is 22.7 Å². The Balaban J connectivity index is 3.03. The first kappa shape index (κ1) is 15.0. The first-order valence-electron chi connectivity index (χ1n) is 6.28. The van der Waals surface area contributed by atoms with E-state index in [2.05, 4.69) is 33.8 Å². The van der Waals surface area contributed by atoms with E-state index in [9.17, 15) is 0 Å². The van der Waals surface area contributed by atoms with Crippen LogP contribution in [0.15, 0.2) is 6.07 Å². The molecule has 3 heteroatoms. The van der Waals surface area contributed by atoms with Crippen molar-refractivity contribution < 1.29 is 4.74 Å². The maximum absolute atomic E-state index is 5.61. The standard InChI is InChI=1S/C15H23NOS/c1-9(7-15(16)18)6-13-10(2)8-14(17-5)12(4)11(13)3/h8-9H,6-7H2,1-5H3,(H2,16,18). The van der Waals surface area contributed by atoms with Crippen LogP contribution in [0.1, 0.15) is 35.6 Å². The fraction of sp³-hybridized carbons (Fsp3) is 0.533. The minimum Gasteiger partial charge on any atom is -0.496 e. The van der Waals surface area contributed by atoms with Crippen molar-refractivity contribution in [3.05, 3.63) is 28.3 Å². The van der Waals surface area contributed by atoms with Gasteiger partial charge in [-0.15, -0.1) is 0 Å². The molecular formula is C15H23NOS. The summed E-state index contributed by atoms with van der Waals surface area (Å²) in [6.07, 6.45) is 1.82. The van der Waals surface area contributed by atoms with Crippen LogP contribution in [0.5, 0.6) is 5.75 Å². The highest BCUT2D eigenvalue weighted by Gasteiger charge is 2.13. The summed E-state index contributed by atoms with van der Waals surface area (Å²) in [6, 6.07) is 2.12. The maximum Gasteiger partial charge on any atom is 0.122 e. The van der Waals surface area contributed by atoms with Crippen molar-refractivity contribution in [2.24, 2.45) is 11.7 Å². The lowest BCUT2D eigenvalue weighted by atomic mass is 9.89. The van der Waals surface area contributed by atoms with Gasteiger partial charge >= 0.3 is 0 Å². The molecule has 1 rings (SSSR count). The van der Waals surface area contributed by atoms with Gasteiger partial charge in [-0.2, -0.15) is 0 Å². The Kier molecular flexibility index (Phi) is 5.15. The van der Waals surface area contributed by atoms with E-state index in [0.717, 1.165) is 18.6 Å². The average molecular weight is 265 g/mol. The molecule has 1 atom stereocenters. The summed E-state index contributed by atoms with van der Waals surface area (Å²) in [6.45, 7) is 8.60. The molecule has 0 aromatic heterocycles. The second-order valence-corrected chi connectivity index (χ2v) is 5.63. The summed E-state index contributed by atoms with van der Waals surface area (Å²) in [7, 11) is 1.72. The van der Waals surface area contributed by atoms with Crippen LogP contribution in [0.4, 0.5) is 0 Å². The molecule has 2 nitrogen and oxygen atoms in total. The molecule has 0 amide bonds. The highest BCUT2D eigenvalue weighted by molar-refractivity contribution is 7.80. The van der Waals surface area contributed by atoms with Crippen molar-refractivity contribution in [2.75, 3.05) is 7.11 Å². The predicted octanol–water partition coefficient (Wildman–Crippen LogP) is 3.48. The van der Waals surface area contributed by atoms with Crippen molar-refractivity contribution >= 4 is 17.2 Å². The fourth-order valence-corrected chi connectivity index (χ4v) is 2.67. The lowest BCUT2D eigenvalue weighted by Gasteiger charge is -2.19. The Morgan fingerprint density at radius 3 is 2.44 bits per heavy atom. The molecule has 18 heavy (non-hydrogen) atoms. The summed E-state index contributed by atoms with van der Waals surface area (Å²) in [5, 5.41) is 0. The SMILES string of the molecule is COc1cc(C)c(CC(C)CC(N)=S)c(C)c1C. The number of benzene rings is 1. The quantitative estimate of drug-likeness (QED) is 0.828.